The molecule has 1 saturated heterocycles. The van der Waals surface area contributed by atoms with Crippen LogP contribution in [-0.4, -0.2) is 57.0 Å². The minimum atomic E-state index is -4.40. The maximum Gasteiger partial charge on any atom is 0.408 e. The van der Waals surface area contributed by atoms with Gasteiger partial charge in [-0.05, 0) is 19.3 Å². The minimum Gasteiger partial charge on any atom is -0.383 e. The number of aromatic nitrogens is 2. The summed E-state index contributed by atoms with van der Waals surface area (Å²) in [4.78, 5) is 25.0. The van der Waals surface area contributed by atoms with E-state index in [1.165, 1.54) is 11.0 Å². The zero-order valence-electron chi connectivity index (χ0n) is 12.2. The van der Waals surface area contributed by atoms with Crippen LogP contribution in [0.3, 0.4) is 0 Å². The third-order valence-corrected chi connectivity index (χ3v) is 3.34. The van der Waals surface area contributed by atoms with Gasteiger partial charge in [0.15, 0.2) is 5.82 Å². The van der Waals surface area contributed by atoms with Gasteiger partial charge in [-0.3, -0.25) is 14.3 Å². The van der Waals surface area contributed by atoms with Crippen molar-refractivity contribution in [2.24, 2.45) is 0 Å². The van der Waals surface area contributed by atoms with Gasteiger partial charge in [0.05, 0.1) is 6.54 Å². The summed E-state index contributed by atoms with van der Waals surface area (Å²) in [5, 5.41) is 15.5. The second kappa shape index (κ2) is 6.99. The lowest BCUT2D eigenvalue weighted by molar-refractivity contribution is -0.142. The average Bonchev–Trinajstić information content (AvgIpc) is 2.79. The van der Waals surface area contributed by atoms with E-state index in [1.54, 1.807) is 0 Å². The average molecular weight is 334 g/mol. The second-order valence-electron chi connectivity index (χ2n) is 5.33. The zero-order chi connectivity index (χ0) is 17.0. The van der Waals surface area contributed by atoms with Crippen molar-refractivity contribution in [1.29, 1.82) is 0 Å². The summed E-state index contributed by atoms with van der Waals surface area (Å²) < 4.78 is 37.3. The number of likely N-dealkylation sites (tertiary alicyclic amines) is 1. The Bertz CT molecular complexity index is 573. The molecule has 1 aromatic heterocycles. The van der Waals surface area contributed by atoms with Crippen LogP contribution >= 0.6 is 0 Å². The van der Waals surface area contributed by atoms with E-state index < -0.39 is 30.6 Å². The molecule has 0 aromatic carbocycles. The summed E-state index contributed by atoms with van der Waals surface area (Å²) >= 11 is 0. The van der Waals surface area contributed by atoms with Gasteiger partial charge in [0, 0.05) is 18.8 Å². The van der Waals surface area contributed by atoms with Crippen LogP contribution in [-0.2, 0) is 16.1 Å². The van der Waals surface area contributed by atoms with Crippen LogP contribution in [0.15, 0.2) is 12.3 Å². The van der Waals surface area contributed by atoms with Crippen LogP contribution in [0.4, 0.5) is 19.0 Å². The fraction of sp³-hybridized carbons (Fsp3) is 0.615. The number of aliphatic hydroxyl groups is 1. The van der Waals surface area contributed by atoms with Crippen molar-refractivity contribution in [3.05, 3.63) is 12.3 Å². The molecule has 1 aliphatic rings. The molecule has 1 atom stereocenters. The van der Waals surface area contributed by atoms with Gasteiger partial charge in [0.25, 0.3) is 5.91 Å². The van der Waals surface area contributed by atoms with Gasteiger partial charge >= 0.3 is 6.18 Å². The zero-order valence-corrected chi connectivity index (χ0v) is 12.2. The Morgan fingerprint density at radius 3 is 2.87 bits per heavy atom. The van der Waals surface area contributed by atoms with Crippen LogP contribution in [0.25, 0.3) is 0 Å². The summed E-state index contributed by atoms with van der Waals surface area (Å²) in [6.07, 6.45) is -2.69. The smallest absolute Gasteiger partial charge is 0.383 e. The van der Waals surface area contributed by atoms with Crippen LogP contribution in [0.5, 0.6) is 0 Å². The van der Waals surface area contributed by atoms with Crippen LogP contribution in [0.1, 0.15) is 19.3 Å². The monoisotopic (exact) mass is 334 g/mol. The SMILES string of the molecule is O=C(CN1CCCCC(O)C1=O)Nc1ccn(CC(F)(F)F)n1. The summed E-state index contributed by atoms with van der Waals surface area (Å²) in [5.74, 6) is -1.12. The topological polar surface area (TPSA) is 87.5 Å². The Hall–Kier alpha value is -2.10. The highest BCUT2D eigenvalue weighted by Gasteiger charge is 2.29. The summed E-state index contributed by atoms with van der Waals surface area (Å²) in [7, 11) is 0. The first kappa shape index (κ1) is 17.3. The van der Waals surface area contributed by atoms with E-state index in [0.29, 0.717) is 30.5 Å². The van der Waals surface area contributed by atoms with Gasteiger partial charge < -0.3 is 15.3 Å². The number of carbonyl (C=O) groups excluding carboxylic acids is 2. The molecule has 0 bridgehead atoms. The number of anilines is 1. The van der Waals surface area contributed by atoms with Crippen LogP contribution in [0, 0.1) is 0 Å². The van der Waals surface area contributed by atoms with Crippen molar-refractivity contribution in [2.45, 2.75) is 38.1 Å². The number of carbonyl (C=O) groups is 2. The van der Waals surface area contributed by atoms with Gasteiger partial charge in [-0.2, -0.15) is 18.3 Å². The van der Waals surface area contributed by atoms with Crippen molar-refractivity contribution in [3.63, 3.8) is 0 Å². The highest BCUT2D eigenvalue weighted by Crippen LogP contribution is 2.17. The number of amides is 2. The minimum absolute atomic E-state index is 0.0259. The third-order valence-electron chi connectivity index (χ3n) is 3.34. The van der Waals surface area contributed by atoms with Crippen molar-refractivity contribution < 1.29 is 27.9 Å². The Kier molecular flexibility index (Phi) is 5.24. The van der Waals surface area contributed by atoms with E-state index in [2.05, 4.69) is 10.4 Å². The Labute approximate surface area is 130 Å². The third kappa shape index (κ3) is 5.23. The van der Waals surface area contributed by atoms with Gasteiger partial charge in [0.2, 0.25) is 5.91 Å². The molecule has 2 rings (SSSR count). The van der Waals surface area contributed by atoms with Crippen LogP contribution < -0.4 is 5.32 Å². The molecule has 1 aromatic rings. The number of alkyl halides is 3. The molecule has 23 heavy (non-hydrogen) atoms. The molecule has 128 valence electrons. The molecule has 1 unspecified atom stereocenters. The molecule has 1 aliphatic heterocycles. The largest absolute Gasteiger partial charge is 0.408 e. The van der Waals surface area contributed by atoms with E-state index in [-0.39, 0.29) is 12.4 Å². The van der Waals surface area contributed by atoms with Crippen molar-refractivity contribution in [3.8, 4) is 0 Å². The molecular weight excluding hydrogens is 317 g/mol. The maximum absolute atomic E-state index is 12.2. The number of nitrogens with zero attached hydrogens (tertiary/aromatic N) is 3. The number of rotatable bonds is 4. The number of aliphatic hydroxyl groups excluding tert-OH is 1. The first-order chi connectivity index (χ1) is 10.7. The quantitative estimate of drug-likeness (QED) is 0.851. The number of hydrogen-bond acceptors (Lipinski definition) is 4. The summed E-state index contributed by atoms with van der Waals surface area (Å²) in [6, 6.07) is 1.24. The molecule has 1 fully saturated rings. The van der Waals surface area contributed by atoms with Crippen molar-refractivity contribution >= 4 is 17.6 Å². The highest BCUT2D eigenvalue weighted by atomic mass is 19.4. The predicted octanol–water partition coefficient (Wildman–Crippen LogP) is 0.757. The molecule has 0 aliphatic carbocycles. The fourth-order valence-corrected chi connectivity index (χ4v) is 2.30. The molecule has 0 spiro atoms. The lowest BCUT2D eigenvalue weighted by Gasteiger charge is -2.21. The highest BCUT2D eigenvalue weighted by molar-refractivity contribution is 5.94. The van der Waals surface area contributed by atoms with Crippen molar-refractivity contribution in [1.82, 2.24) is 14.7 Å². The fourth-order valence-electron chi connectivity index (χ4n) is 2.30. The molecule has 2 N–H and O–H groups in total. The molecular formula is C13H17F3N4O3. The van der Waals surface area contributed by atoms with Crippen molar-refractivity contribution in [2.75, 3.05) is 18.4 Å². The molecule has 2 heterocycles. The summed E-state index contributed by atoms with van der Waals surface area (Å²) in [6.45, 7) is -1.17. The van der Waals surface area contributed by atoms with E-state index in [0.717, 1.165) is 6.20 Å². The van der Waals surface area contributed by atoms with Gasteiger partial charge in [-0.15, -0.1) is 0 Å². The van der Waals surface area contributed by atoms with E-state index in [9.17, 15) is 27.9 Å². The molecule has 10 heteroatoms. The van der Waals surface area contributed by atoms with Crippen LogP contribution in [0.2, 0.25) is 0 Å². The van der Waals surface area contributed by atoms with E-state index >= 15 is 0 Å². The molecule has 7 nitrogen and oxygen atoms in total. The summed E-state index contributed by atoms with van der Waals surface area (Å²) in [5.41, 5.74) is 0. The molecule has 0 radical (unpaired) electrons. The standard InChI is InChI=1S/C13H17F3N4O3/c14-13(15,16)8-20-6-4-10(18-20)17-11(22)7-19-5-2-1-3-9(21)12(19)23/h4,6,9,21H,1-3,5,7-8H2,(H,17,18,22). The Morgan fingerprint density at radius 2 is 2.17 bits per heavy atom. The first-order valence-electron chi connectivity index (χ1n) is 7.11. The maximum atomic E-state index is 12.2. The number of nitrogens with one attached hydrogen (secondary N) is 1. The lowest BCUT2D eigenvalue weighted by Crippen LogP contribution is -2.42. The molecule has 0 saturated carbocycles. The lowest BCUT2D eigenvalue weighted by atomic mass is 10.2. The molecule has 2 amide bonds. The normalized spacial score (nSPS) is 19.6. The second-order valence-corrected chi connectivity index (χ2v) is 5.33. The van der Waals surface area contributed by atoms with E-state index in [1.807, 2.05) is 0 Å². The first-order valence-corrected chi connectivity index (χ1v) is 7.11. The number of hydrogen-bond donors (Lipinski definition) is 2. The Balaban J connectivity index is 1.90. The van der Waals surface area contributed by atoms with Gasteiger partial charge in [-0.1, -0.05) is 0 Å². The number of halogens is 3. The van der Waals surface area contributed by atoms with Gasteiger partial charge in [-0.25, -0.2) is 0 Å². The Morgan fingerprint density at radius 1 is 1.43 bits per heavy atom. The van der Waals surface area contributed by atoms with E-state index in [4.69, 9.17) is 0 Å². The van der Waals surface area contributed by atoms with Gasteiger partial charge in [0.1, 0.15) is 12.6 Å². The predicted molar refractivity (Wildman–Crippen MR) is 73.3 cm³/mol.